The van der Waals surface area contributed by atoms with E-state index < -0.39 is 0 Å². The maximum absolute atomic E-state index is 13.9. The molecule has 0 aromatic heterocycles. The van der Waals surface area contributed by atoms with Crippen molar-refractivity contribution in [3.63, 3.8) is 0 Å². The Bertz CT molecular complexity index is 1270. The summed E-state index contributed by atoms with van der Waals surface area (Å²) in [5.74, 6) is -0.286. The van der Waals surface area contributed by atoms with Gasteiger partial charge in [-0.3, -0.25) is 9.59 Å². The lowest BCUT2D eigenvalue weighted by Gasteiger charge is -2.38. The molecule has 2 heterocycles. The molecule has 3 aromatic carbocycles. The standard InChI is InChI=1S/C30H32FN3O3/c1-21-6-3-4-9-28(21)32-14-16-33(17-15-32)30(36)27-20-34(29(35)22-10-12-24(31)13-11-22)19-26(27)23-7-5-8-25(18-23)37-2/h3-13,18,26-27H,14-17,19-20H2,1-2H3. The summed E-state index contributed by atoms with van der Waals surface area (Å²) in [5.41, 5.74) is 3.84. The van der Waals surface area contributed by atoms with Crippen LogP contribution in [0.25, 0.3) is 0 Å². The third kappa shape index (κ3) is 5.17. The number of carbonyl (C=O) groups excluding carboxylic acids is 2. The van der Waals surface area contributed by atoms with E-state index in [1.165, 1.54) is 35.5 Å². The minimum Gasteiger partial charge on any atom is -0.497 e. The normalized spacial score (nSPS) is 19.7. The lowest BCUT2D eigenvalue weighted by Crippen LogP contribution is -2.51. The first-order valence-electron chi connectivity index (χ1n) is 12.7. The third-order valence-corrected chi connectivity index (χ3v) is 7.58. The molecule has 0 spiro atoms. The largest absolute Gasteiger partial charge is 0.497 e. The van der Waals surface area contributed by atoms with Crippen molar-refractivity contribution in [2.75, 3.05) is 51.3 Å². The van der Waals surface area contributed by atoms with E-state index in [1.54, 1.807) is 12.0 Å². The number of nitrogens with zero attached hydrogens (tertiary/aromatic N) is 3. The summed E-state index contributed by atoms with van der Waals surface area (Å²) < 4.78 is 18.9. The monoisotopic (exact) mass is 501 g/mol. The van der Waals surface area contributed by atoms with Crippen LogP contribution in [-0.4, -0.2) is 68.0 Å². The maximum Gasteiger partial charge on any atom is 0.253 e. The number of benzene rings is 3. The first kappa shape index (κ1) is 24.8. The average Bonchev–Trinajstić information content (AvgIpc) is 3.39. The van der Waals surface area contributed by atoms with E-state index in [4.69, 9.17) is 4.74 Å². The molecule has 2 saturated heterocycles. The molecule has 5 rings (SSSR count). The summed E-state index contributed by atoms with van der Waals surface area (Å²) in [5, 5.41) is 0. The van der Waals surface area contributed by atoms with Crippen molar-refractivity contribution in [3.8, 4) is 5.75 Å². The van der Waals surface area contributed by atoms with Gasteiger partial charge < -0.3 is 19.4 Å². The van der Waals surface area contributed by atoms with Gasteiger partial charge in [0.25, 0.3) is 5.91 Å². The van der Waals surface area contributed by atoms with Crippen LogP contribution in [0.3, 0.4) is 0 Å². The van der Waals surface area contributed by atoms with Gasteiger partial charge in [0.2, 0.25) is 5.91 Å². The summed E-state index contributed by atoms with van der Waals surface area (Å²) in [7, 11) is 1.62. The van der Waals surface area contributed by atoms with Crippen LogP contribution in [0.4, 0.5) is 10.1 Å². The fraction of sp³-hybridized carbons (Fsp3) is 0.333. The Balaban J connectivity index is 1.35. The molecule has 2 aliphatic rings. The number of methoxy groups -OCH3 is 1. The molecular formula is C30H32FN3O3. The zero-order valence-electron chi connectivity index (χ0n) is 21.3. The van der Waals surface area contributed by atoms with Crippen LogP contribution in [0.5, 0.6) is 5.75 Å². The van der Waals surface area contributed by atoms with Crippen LogP contribution < -0.4 is 9.64 Å². The van der Waals surface area contributed by atoms with Gasteiger partial charge in [0, 0.05) is 56.4 Å². The number of piperazine rings is 1. The molecule has 2 fully saturated rings. The number of hydrogen-bond acceptors (Lipinski definition) is 4. The Labute approximate surface area is 217 Å². The van der Waals surface area contributed by atoms with Gasteiger partial charge in [-0.25, -0.2) is 4.39 Å². The van der Waals surface area contributed by atoms with Gasteiger partial charge in [-0.2, -0.15) is 0 Å². The zero-order chi connectivity index (χ0) is 25.9. The first-order valence-corrected chi connectivity index (χ1v) is 12.7. The van der Waals surface area contributed by atoms with Crippen LogP contribution in [0.15, 0.2) is 72.8 Å². The molecule has 0 saturated carbocycles. The maximum atomic E-state index is 13.9. The molecule has 2 atom stereocenters. The second-order valence-electron chi connectivity index (χ2n) is 9.81. The van der Waals surface area contributed by atoms with E-state index in [0.29, 0.717) is 31.7 Å². The number of rotatable bonds is 5. The number of amides is 2. The molecule has 3 aromatic rings. The number of aryl methyl sites for hydroxylation is 1. The highest BCUT2D eigenvalue weighted by atomic mass is 19.1. The number of anilines is 1. The number of para-hydroxylation sites is 1. The molecule has 0 radical (unpaired) electrons. The van der Waals surface area contributed by atoms with Crippen molar-refractivity contribution in [3.05, 3.63) is 95.3 Å². The van der Waals surface area contributed by atoms with Crippen LogP contribution in [0, 0.1) is 18.7 Å². The van der Waals surface area contributed by atoms with Gasteiger partial charge in [-0.1, -0.05) is 30.3 Å². The SMILES string of the molecule is COc1cccc(C2CN(C(=O)c3ccc(F)cc3)CC2C(=O)N2CCN(c3ccccc3C)CC2)c1. The highest BCUT2D eigenvalue weighted by Crippen LogP contribution is 2.36. The minimum atomic E-state index is -0.384. The van der Waals surface area contributed by atoms with E-state index in [9.17, 15) is 14.0 Å². The number of carbonyl (C=O) groups is 2. The smallest absolute Gasteiger partial charge is 0.253 e. The van der Waals surface area contributed by atoms with Crippen LogP contribution >= 0.6 is 0 Å². The van der Waals surface area contributed by atoms with Crippen LogP contribution in [0.1, 0.15) is 27.4 Å². The summed E-state index contributed by atoms with van der Waals surface area (Å²) in [4.78, 5) is 33.2. The van der Waals surface area contributed by atoms with Gasteiger partial charge in [0.05, 0.1) is 13.0 Å². The summed E-state index contributed by atoms with van der Waals surface area (Å²) >= 11 is 0. The van der Waals surface area contributed by atoms with Crippen LogP contribution in [0.2, 0.25) is 0 Å². The molecule has 0 aliphatic carbocycles. The predicted octanol–water partition coefficient (Wildman–Crippen LogP) is 4.35. The highest BCUT2D eigenvalue weighted by molar-refractivity contribution is 5.95. The van der Waals surface area contributed by atoms with Crippen molar-refractivity contribution in [1.29, 1.82) is 0 Å². The van der Waals surface area contributed by atoms with Crippen molar-refractivity contribution >= 4 is 17.5 Å². The van der Waals surface area contributed by atoms with Gasteiger partial charge >= 0.3 is 0 Å². The summed E-state index contributed by atoms with van der Waals surface area (Å²) in [6, 6.07) is 21.6. The minimum absolute atomic E-state index is 0.0756. The quantitative estimate of drug-likeness (QED) is 0.522. The number of halogens is 1. The molecule has 192 valence electrons. The lowest BCUT2D eigenvalue weighted by molar-refractivity contribution is -0.135. The molecule has 2 unspecified atom stereocenters. The number of likely N-dealkylation sites (tertiary alicyclic amines) is 1. The zero-order valence-corrected chi connectivity index (χ0v) is 21.3. The van der Waals surface area contributed by atoms with E-state index >= 15 is 0 Å². The second kappa shape index (κ2) is 10.6. The van der Waals surface area contributed by atoms with Crippen molar-refractivity contribution in [1.82, 2.24) is 9.80 Å². The molecule has 6 nitrogen and oxygen atoms in total. The van der Waals surface area contributed by atoms with E-state index in [2.05, 4.69) is 24.0 Å². The first-order chi connectivity index (χ1) is 17.9. The van der Waals surface area contributed by atoms with Gasteiger partial charge in [0.15, 0.2) is 0 Å². The van der Waals surface area contributed by atoms with Crippen LogP contribution in [-0.2, 0) is 4.79 Å². The van der Waals surface area contributed by atoms with Crippen molar-refractivity contribution in [2.45, 2.75) is 12.8 Å². The van der Waals surface area contributed by atoms with Gasteiger partial charge in [-0.05, 0) is 60.5 Å². The fourth-order valence-electron chi connectivity index (χ4n) is 5.53. The summed E-state index contributed by atoms with van der Waals surface area (Å²) in [6.45, 7) is 5.67. The molecule has 37 heavy (non-hydrogen) atoms. The lowest BCUT2D eigenvalue weighted by atomic mass is 9.87. The molecule has 0 bridgehead atoms. The Hall–Kier alpha value is -3.87. The molecule has 0 N–H and O–H groups in total. The number of hydrogen-bond donors (Lipinski definition) is 0. The second-order valence-corrected chi connectivity index (χ2v) is 9.81. The summed E-state index contributed by atoms with van der Waals surface area (Å²) in [6.07, 6.45) is 0. The Morgan fingerprint density at radius 2 is 1.59 bits per heavy atom. The van der Waals surface area contributed by atoms with Crippen molar-refractivity contribution in [2.24, 2.45) is 5.92 Å². The molecule has 2 amide bonds. The third-order valence-electron chi connectivity index (χ3n) is 7.58. The van der Waals surface area contributed by atoms with E-state index in [1.807, 2.05) is 41.3 Å². The molecule has 2 aliphatic heterocycles. The van der Waals surface area contributed by atoms with E-state index in [-0.39, 0.29) is 29.5 Å². The molecular weight excluding hydrogens is 469 g/mol. The fourth-order valence-corrected chi connectivity index (χ4v) is 5.53. The van der Waals surface area contributed by atoms with E-state index in [0.717, 1.165) is 24.4 Å². The Morgan fingerprint density at radius 1 is 0.865 bits per heavy atom. The number of ether oxygens (including phenoxy) is 1. The Kier molecular flexibility index (Phi) is 7.12. The van der Waals surface area contributed by atoms with Gasteiger partial charge in [0.1, 0.15) is 11.6 Å². The average molecular weight is 502 g/mol. The molecule has 7 heteroatoms. The highest BCUT2D eigenvalue weighted by Gasteiger charge is 2.42. The van der Waals surface area contributed by atoms with Crippen molar-refractivity contribution < 1.29 is 18.7 Å². The topological polar surface area (TPSA) is 53.1 Å². The Morgan fingerprint density at radius 3 is 2.30 bits per heavy atom. The van der Waals surface area contributed by atoms with Gasteiger partial charge in [-0.15, -0.1) is 0 Å². The predicted molar refractivity (Wildman–Crippen MR) is 142 cm³/mol.